The van der Waals surface area contributed by atoms with Crippen LogP contribution in [0.5, 0.6) is 5.75 Å². The van der Waals surface area contributed by atoms with Gasteiger partial charge in [0.05, 0.1) is 6.61 Å². The number of pyridine rings is 1. The first kappa shape index (κ1) is 13.1. The predicted octanol–water partition coefficient (Wildman–Crippen LogP) is 3.34. The van der Waals surface area contributed by atoms with Crippen molar-refractivity contribution in [2.24, 2.45) is 0 Å². The van der Waals surface area contributed by atoms with Crippen LogP contribution in [0.4, 0.5) is 5.82 Å². The zero-order chi connectivity index (χ0) is 14.1. The molecule has 4 nitrogen and oxygen atoms in total. The minimum atomic E-state index is -0.155. The van der Waals surface area contributed by atoms with Gasteiger partial charge in [0.2, 0.25) is 0 Å². The Morgan fingerprint density at radius 2 is 2.25 bits per heavy atom. The number of benzene rings is 1. The minimum absolute atomic E-state index is 0.155. The van der Waals surface area contributed by atoms with Crippen LogP contribution in [0.15, 0.2) is 34.9 Å². The van der Waals surface area contributed by atoms with E-state index < -0.39 is 0 Å². The first-order valence-electron chi connectivity index (χ1n) is 6.33. The molecule has 20 heavy (non-hydrogen) atoms. The van der Waals surface area contributed by atoms with Gasteiger partial charge in [-0.2, -0.15) is 0 Å². The highest BCUT2D eigenvalue weighted by Crippen LogP contribution is 2.26. The molecule has 0 saturated heterocycles. The lowest BCUT2D eigenvalue weighted by atomic mass is 10.1. The van der Waals surface area contributed by atoms with E-state index in [1.54, 1.807) is 12.3 Å². The molecule has 102 valence electrons. The molecule has 1 aromatic carbocycles. The number of aryl methyl sites for hydroxylation is 1. The fourth-order valence-electron chi connectivity index (χ4n) is 2.18. The number of fused-ring (bicyclic) bond motifs is 1. The second-order valence-electron chi connectivity index (χ2n) is 4.69. The molecule has 0 unspecified atom stereocenters. The summed E-state index contributed by atoms with van der Waals surface area (Å²) in [7, 11) is 0. The molecule has 1 aliphatic rings. The van der Waals surface area contributed by atoms with E-state index in [9.17, 15) is 4.79 Å². The number of carbonyl (C=O) groups excluding carboxylic acids is 1. The summed E-state index contributed by atoms with van der Waals surface area (Å²) >= 11 is 3.35. The number of aromatic nitrogens is 1. The van der Waals surface area contributed by atoms with E-state index in [4.69, 9.17) is 4.74 Å². The molecule has 0 saturated carbocycles. The Balaban J connectivity index is 1.82. The van der Waals surface area contributed by atoms with Crippen LogP contribution in [0.1, 0.15) is 21.5 Å². The number of hydrogen-bond acceptors (Lipinski definition) is 3. The molecular weight excluding hydrogens is 320 g/mol. The Morgan fingerprint density at radius 3 is 3.05 bits per heavy atom. The standard InChI is InChI=1S/C15H13BrN2O2/c1-9-6-12(16)8-17-14(9)18-15(19)11-2-3-13-10(7-11)4-5-20-13/h2-3,6-8H,4-5H2,1H3,(H,17,18,19). The summed E-state index contributed by atoms with van der Waals surface area (Å²) in [4.78, 5) is 16.5. The molecule has 2 aromatic rings. The first-order valence-corrected chi connectivity index (χ1v) is 7.12. The Morgan fingerprint density at radius 1 is 1.40 bits per heavy atom. The van der Waals surface area contributed by atoms with E-state index in [0.29, 0.717) is 18.0 Å². The summed E-state index contributed by atoms with van der Waals surface area (Å²) < 4.78 is 6.33. The maximum atomic E-state index is 12.2. The topological polar surface area (TPSA) is 51.2 Å². The van der Waals surface area contributed by atoms with Crippen LogP contribution >= 0.6 is 15.9 Å². The van der Waals surface area contributed by atoms with Crippen molar-refractivity contribution in [1.82, 2.24) is 4.98 Å². The van der Waals surface area contributed by atoms with E-state index in [-0.39, 0.29) is 5.91 Å². The van der Waals surface area contributed by atoms with Crippen LogP contribution in [0, 0.1) is 6.92 Å². The fraction of sp³-hybridized carbons (Fsp3) is 0.200. The predicted molar refractivity (Wildman–Crippen MR) is 80.3 cm³/mol. The highest BCUT2D eigenvalue weighted by atomic mass is 79.9. The summed E-state index contributed by atoms with van der Waals surface area (Å²) in [6.07, 6.45) is 2.52. The smallest absolute Gasteiger partial charge is 0.256 e. The number of rotatable bonds is 2. The monoisotopic (exact) mass is 332 g/mol. The number of halogens is 1. The number of nitrogens with one attached hydrogen (secondary N) is 1. The number of amides is 1. The third-order valence-corrected chi connectivity index (χ3v) is 3.66. The molecule has 0 radical (unpaired) electrons. The third-order valence-electron chi connectivity index (χ3n) is 3.23. The Hall–Kier alpha value is -1.88. The van der Waals surface area contributed by atoms with Gasteiger partial charge in [0, 0.05) is 22.7 Å². The Bertz CT molecular complexity index is 686. The van der Waals surface area contributed by atoms with Gasteiger partial charge in [-0.15, -0.1) is 0 Å². The normalized spacial score (nSPS) is 12.7. The van der Waals surface area contributed by atoms with Crippen LogP contribution in [0.3, 0.4) is 0 Å². The zero-order valence-corrected chi connectivity index (χ0v) is 12.5. The SMILES string of the molecule is Cc1cc(Br)cnc1NC(=O)c1ccc2c(c1)CCO2. The van der Waals surface area contributed by atoms with E-state index in [1.165, 1.54) is 0 Å². The molecule has 0 fully saturated rings. The van der Waals surface area contributed by atoms with Crippen molar-refractivity contribution >= 4 is 27.7 Å². The molecule has 1 aliphatic heterocycles. The van der Waals surface area contributed by atoms with Crippen molar-refractivity contribution in [3.63, 3.8) is 0 Å². The second kappa shape index (κ2) is 5.25. The van der Waals surface area contributed by atoms with Gasteiger partial charge >= 0.3 is 0 Å². The van der Waals surface area contributed by atoms with Crippen LogP contribution in [0.2, 0.25) is 0 Å². The van der Waals surface area contributed by atoms with Crippen LogP contribution in [-0.4, -0.2) is 17.5 Å². The molecule has 5 heteroatoms. The summed E-state index contributed by atoms with van der Waals surface area (Å²) in [5, 5.41) is 2.83. The van der Waals surface area contributed by atoms with Gasteiger partial charge in [-0.25, -0.2) is 4.98 Å². The highest BCUT2D eigenvalue weighted by Gasteiger charge is 2.15. The zero-order valence-electron chi connectivity index (χ0n) is 10.9. The molecule has 0 aliphatic carbocycles. The lowest BCUT2D eigenvalue weighted by Gasteiger charge is -2.08. The first-order chi connectivity index (χ1) is 9.63. The van der Waals surface area contributed by atoms with Crippen molar-refractivity contribution in [2.45, 2.75) is 13.3 Å². The molecule has 1 N–H and O–H groups in total. The van der Waals surface area contributed by atoms with Gasteiger partial charge in [0.1, 0.15) is 11.6 Å². The number of hydrogen-bond donors (Lipinski definition) is 1. The van der Waals surface area contributed by atoms with Gasteiger partial charge < -0.3 is 10.1 Å². The van der Waals surface area contributed by atoms with Crippen molar-refractivity contribution in [1.29, 1.82) is 0 Å². The fourth-order valence-corrected chi connectivity index (χ4v) is 2.62. The lowest BCUT2D eigenvalue weighted by Crippen LogP contribution is -2.14. The van der Waals surface area contributed by atoms with Crippen molar-refractivity contribution in [3.05, 3.63) is 51.6 Å². The van der Waals surface area contributed by atoms with Crippen LogP contribution in [0.25, 0.3) is 0 Å². The average Bonchev–Trinajstić information content (AvgIpc) is 2.89. The van der Waals surface area contributed by atoms with Crippen LogP contribution < -0.4 is 10.1 Å². The Kier molecular flexibility index (Phi) is 3.44. The van der Waals surface area contributed by atoms with E-state index >= 15 is 0 Å². The van der Waals surface area contributed by atoms with Gasteiger partial charge in [-0.05, 0) is 58.2 Å². The molecule has 0 spiro atoms. The number of carbonyl (C=O) groups is 1. The van der Waals surface area contributed by atoms with Gasteiger partial charge in [-0.1, -0.05) is 0 Å². The maximum Gasteiger partial charge on any atom is 0.256 e. The lowest BCUT2D eigenvalue weighted by molar-refractivity contribution is 0.102. The minimum Gasteiger partial charge on any atom is -0.493 e. The maximum absolute atomic E-state index is 12.2. The summed E-state index contributed by atoms with van der Waals surface area (Å²) in [5.41, 5.74) is 2.62. The highest BCUT2D eigenvalue weighted by molar-refractivity contribution is 9.10. The molecule has 3 rings (SSSR count). The van der Waals surface area contributed by atoms with Gasteiger partial charge in [0.25, 0.3) is 5.91 Å². The summed E-state index contributed by atoms with van der Waals surface area (Å²) in [6.45, 7) is 2.59. The molecule has 0 bridgehead atoms. The van der Waals surface area contributed by atoms with Crippen LogP contribution in [-0.2, 0) is 6.42 Å². The molecule has 0 atom stereocenters. The quantitative estimate of drug-likeness (QED) is 0.917. The number of anilines is 1. The van der Waals surface area contributed by atoms with Gasteiger partial charge in [-0.3, -0.25) is 4.79 Å². The molecular formula is C15H13BrN2O2. The van der Waals surface area contributed by atoms with Crippen molar-refractivity contribution in [2.75, 3.05) is 11.9 Å². The van der Waals surface area contributed by atoms with E-state index in [1.807, 2.05) is 25.1 Å². The third kappa shape index (κ3) is 2.54. The molecule has 1 aromatic heterocycles. The number of nitrogens with zero attached hydrogens (tertiary/aromatic N) is 1. The van der Waals surface area contributed by atoms with E-state index in [0.717, 1.165) is 27.8 Å². The largest absolute Gasteiger partial charge is 0.493 e. The summed E-state index contributed by atoms with van der Waals surface area (Å²) in [6, 6.07) is 7.41. The van der Waals surface area contributed by atoms with Crippen molar-refractivity contribution in [3.8, 4) is 5.75 Å². The average molecular weight is 333 g/mol. The van der Waals surface area contributed by atoms with Crippen molar-refractivity contribution < 1.29 is 9.53 Å². The van der Waals surface area contributed by atoms with E-state index in [2.05, 4.69) is 26.2 Å². The van der Waals surface area contributed by atoms with Gasteiger partial charge in [0.15, 0.2) is 0 Å². The second-order valence-corrected chi connectivity index (χ2v) is 5.61. The Labute approximate surface area is 125 Å². The molecule has 2 heterocycles. The molecule has 1 amide bonds. The number of ether oxygens (including phenoxy) is 1. The summed E-state index contributed by atoms with van der Waals surface area (Å²) in [5.74, 6) is 1.30.